The molecule has 0 unspecified atom stereocenters. The van der Waals surface area contributed by atoms with Crippen molar-refractivity contribution in [2.75, 3.05) is 39.3 Å². The lowest BCUT2D eigenvalue weighted by Gasteiger charge is -2.31. The van der Waals surface area contributed by atoms with Crippen molar-refractivity contribution in [2.24, 2.45) is 11.7 Å². The molecule has 2 heterocycles. The van der Waals surface area contributed by atoms with E-state index in [4.69, 9.17) is 5.73 Å². The molecule has 0 saturated carbocycles. The lowest BCUT2D eigenvalue weighted by molar-refractivity contribution is -0.126. The Bertz CT molecular complexity index is 1100. The lowest BCUT2D eigenvalue weighted by Crippen LogP contribution is -2.46. The maximum atomic E-state index is 12.6. The zero-order chi connectivity index (χ0) is 24.2. The van der Waals surface area contributed by atoms with Crippen molar-refractivity contribution in [1.29, 1.82) is 0 Å². The number of piperidine rings is 2. The summed E-state index contributed by atoms with van der Waals surface area (Å²) >= 11 is 0. The van der Waals surface area contributed by atoms with Crippen LogP contribution in [0, 0.1) is 5.92 Å². The van der Waals surface area contributed by atoms with Crippen LogP contribution in [0.5, 0.6) is 0 Å². The van der Waals surface area contributed by atoms with E-state index in [1.165, 1.54) is 33.4 Å². The molecule has 0 radical (unpaired) electrons. The van der Waals surface area contributed by atoms with E-state index in [1.54, 1.807) is 4.90 Å². The minimum Gasteiger partial charge on any atom is -0.355 e. The monoisotopic (exact) mass is 470 g/mol. The van der Waals surface area contributed by atoms with Crippen LogP contribution < -0.4 is 11.1 Å². The van der Waals surface area contributed by atoms with Gasteiger partial charge in [0.05, 0.1) is 0 Å². The quantitative estimate of drug-likeness (QED) is 0.606. The summed E-state index contributed by atoms with van der Waals surface area (Å²) in [6.45, 7) is 4.67. The van der Waals surface area contributed by atoms with Gasteiger partial charge in [-0.25, -0.2) is 4.79 Å². The summed E-state index contributed by atoms with van der Waals surface area (Å²) < 4.78 is 0. The topological polar surface area (TPSA) is 78.7 Å². The van der Waals surface area contributed by atoms with E-state index in [0.29, 0.717) is 32.5 Å². The van der Waals surface area contributed by atoms with E-state index in [2.05, 4.69) is 70.9 Å². The Morgan fingerprint density at radius 3 is 2.00 bits per heavy atom. The van der Waals surface area contributed by atoms with E-state index < -0.39 is 6.03 Å². The van der Waals surface area contributed by atoms with Crippen molar-refractivity contribution in [1.82, 2.24) is 15.1 Å². The average molecular weight is 471 g/mol. The molecule has 3 N–H and O–H groups in total. The molecular weight excluding hydrogens is 436 g/mol. The fraction of sp³-hybridized carbons (Fsp3) is 0.379. The molecule has 0 atom stereocenters. The molecule has 2 aromatic carbocycles. The highest BCUT2D eigenvalue weighted by Gasteiger charge is 2.27. The first-order valence-electron chi connectivity index (χ1n) is 12.7. The van der Waals surface area contributed by atoms with Gasteiger partial charge in [0.15, 0.2) is 0 Å². The van der Waals surface area contributed by atoms with Gasteiger partial charge in [-0.15, -0.1) is 0 Å². The predicted octanol–water partition coefficient (Wildman–Crippen LogP) is 3.98. The first-order chi connectivity index (χ1) is 17.1. The van der Waals surface area contributed by atoms with Gasteiger partial charge in [0, 0.05) is 45.2 Å². The molecule has 182 valence electrons. The van der Waals surface area contributed by atoms with Crippen LogP contribution in [0.25, 0.3) is 17.7 Å². The summed E-state index contributed by atoms with van der Waals surface area (Å²) in [5.74, 6) is 0.0837. The predicted molar refractivity (Wildman–Crippen MR) is 140 cm³/mol. The van der Waals surface area contributed by atoms with Crippen LogP contribution in [0.1, 0.15) is 47.9 Å². The van der Waals surface area contributed by atoms with Crippen molar-refractivity contribution in [3.05, 3.63) is 76.4 Å². The molecule has 5 rings (SSSR count). The third kappa shape index (κ3) is 5.17. The van der Waals surface area contributed by atoms with Gasteiger partial charge in [-0.3, -0.25) is 4.79 Å². The standard InChI is InChI=1S/C29H34N4O2/c30-29(35)33-18-13-24(14-19-33)28(34)31-15-20-32-16-11-23(12-17-32)27-25-7-3-1-5-21(25)9-10-22-6-2-4-8-26(22)27/h1-10,24H,11-20H2,(H2,30,35)(H,31,34). The Kier molecular flexibility index (Phi) is 7.00. The fourth-order valence-corrected chi connectivity index (χ4v) is 5.59. The number of hydrogen-bond donors (Lipinski definition) is 2. The Morgan fingerprint density at radius 2 is 1.43 bits per heavy atom. The van der Waals surface area contributed by atoms with Gasteiger partial charge in [0.2, 0.25) is 5.91 Å². The largest absolute Gasteiger partial charge is 0.355 e. The number of urea groups is 1. The van der Waals surface area contributed by atoms with Crippen molar-refractivity contribution >= 4 is 29.7 Å². The number of fused-ring (bicyclic) bond motifs is 2. The second kappa shape index (κ2) is 10.5. The summed E-state index contributed by atoms with van der Waals surface area (Å²) in [4.78, 5) is 27.9. The molecule has 3 aliphatic rings. The number of carbonyl (C=O) groups excluding carboxylic acids is 2. The van der Waals surface area contributed by atoms with Gasteiger partial charge >= 0.3 is 6.03 Å². The zero-order valence-corrected chi connectivity index (χ0v) is 20.2. The van der Waals surface area contributed by atoms with Crippen molar-refractivity contribution in [2.45, 2.75) is 25.7 Å². The van der Waals surface area contributed by atoms with E-state index in [0.717, 1.165) is 32.5 Å². The van der Waals surface area contributed by atoms with Crippen molar-refractivity contribution in [3.8, 4) is 0 Å². The first-order valence-corrected chi connectivity index (χ1v) is 12.7. The van der Waals surface area contributed by atoms with Crippen LogP contribution in [0.3, 0.4) is 0 Å². The van der Waals surface area contributed by atoms with E-state index in [1.807, 2.05) is 0 Å². The van der Waals surface area contributed by atoms with Crippen molar-refractivity contribution in [3.63, 3.8) is 0 Å². The van der Waals surface area contributed by atoms with Gasteiger partial charge in [0.25, 0.3) is 0 Å². The summed E-state index contributed by atoms with van der Waals surface area (Å²) in [6.07, 6.45) is 7.92. The highest BCUT2D eigenvalue weighted by molar-refractivity contribution is 5.95. The smallest absolute Gasteiger partial charge is 0.314 e. The van der Waals surface area contributed by atoms with Crippen molar-refractivity contribution < 1.29 is 9.59 Å². The molecule has 3 amide bonds. The van der Waals surface area contributed by atoms with Gasteiger partial charge in [-0.1, -0.05) is 66.3 Å². The molecule has 2 fully saturated rings. The molecule has 35 heavy (non-hydrogen) atoms. The number of nitrogens with zero attached hydrogens (tertiary/aromatic N) is 2. The Balaban J connectivity index is 1.19. The summed E-state index contributed by atoms with van der Waals surface area (Å²) in [5.41, 5.74) is 13.5. The highest BCUT2D eigenvalue weighted by atomic mass is 16.2. The van der Waals surface area contributed by atoms with Gasteiger partial charge in [-0.2, -0.15) is 0 Å². The number of likely N-dealkylation sites (tertiary alicyclic amines) is 2. The molecular formula is C29H34N4O2. The summed E-state index contributed by atoms with van der Waals surface area (Å²) in [6, 6.07) is 17.0. The van der Waals surface area contributed by atoms with Crippen LogP contribution in [-0.4, -0.2) is 61.0 Å². The number of amides is 3. The van der Waals surface area contributed by atoms with Gasteiger partial charge in [-0.05, 0) is 53.5 Å². The van der Waals surface area contributed by atoms with Crippen LogP contribution in [0.2, 0.25) is 0 Å². The van der Waals surface area contributed by atoms with Gasteiger partial charge in [0.1, 0.15) is 0 Å². The second-order valence-corrected chi connectivity index (χ2v) is 9.72. The maximum Gasteiger partial charge on any atom is 0.314 e. The average Bonchev–Trinajstić information content (AvgIpc) is 3.06. The van der Waals surface area contributed by atoms with Gasteiger partial charge < -0.3 is 20.9 Å². The molecule has 0 spiro atoms. The van der Waals surface area contributed by atoms with E-state index in [-0.39, 0.29) is 11.8 Å². The lowest BCUT2D eigenvalue weighted by atomic mass is 9.86. The van der Waals surface area contributed by atoms with Crippen LogP contribution in [-0.2, 0) is 4.79 Å². The summed E-state index contributed by atoms with van der Waals surface area (Å²) in [5, 5.41) is 3.12. The second-order valence-electron chi connectivity index (χ2n) is 9.72. The molecule has 2 saturated heterocycles. The number of primary amides is 1. The molecule has 0 aromatic heterocycles. The van der Waals surface area contributed by atoms with Crippen LogP contribution in [0.4, 0.5) is 4.79 Å². The Hall–Kier alpha value is -3.38. The number of hydrogen-bond acceptors (Lipinski definition) is 3. The van der Waals surface area contributed by atoms with E-state index >= 15 is 0 Å². The van der Waals surface area contributed by atoms with E-state index in [9.17, 15) is 9.59 Å². The molecule has 2 aromatic rings. The normalized spacial score (nSPS) is 18.6. The Morgan fingerprint density at radius 1 is 0.857 bits per heavy atom. The number of nitrogens with two attached hydrogens (primary N) is 1. The Labute approximate surface area is 207 Å². The molecule has 6 nitrogen and oxygen atoms in total. The number of carbonyl (C=O) groups is 2. The molecule has 0 bridgehead atoms. The first kappa shape index (κ1) is 23.4. The fourth-order valence-electron chi connectivity index (χ4n) is 5.59. The highest BCUT2D eigenvalue weighted by Crippen LogP contribution is 2.38. The third-order valence-electron chi connectivity index (χ3n) is 7.62. The SMILES string of the molecule is NC(=O)N1CCC(C(=O)NCCN2CCC(=C3c4ccccc4C=Cc4ccccc43)CC2)CC1. The maximum absolute atomic E-state index is 12.6. The van der Waals surface area contributed by atoms with Crippen LogP contribution in [0.15, 0.2) is 54.1 Å². The zero-order valence-electron chi connectivity index (χ0n) is 20.2. The molecule has 1 aliphatic carbocycles. The third-order valence-corrected chi connectivity index (χ3v) is 7.62. The van der Waals surface area contributed by atoms with Crippen LogP contribution >= 0.6 is 0 Å². The minimum absolute atomic E-state index is 0.0210. The summed E-state index contributed by atoms with van der Waals surface area (Å²) in [7, 11) is 0. The number of rotatable bonds is 4. The molecule has 2 aliphatic heterocycles. The number of nitrogens with one attached hydrogen (secondary N) is 1. The minimum atomic E-state index is -0.393. The molecule has 6 heteroatoms. The number of benzene rings is 2.